The summed E-state index contributed by atoms with van der Waals surface area (Å²) in [5.74, 6) is 0.996. The largest absolute Gasteiger partial charge is 0.409 e. The van der Waals surface area contributed by atoms with Gasteiger partial charge >= 0.3 is 0 Å². The quantitative estimate of drug-likeness (QED) is 0.271. The Balaban J connectivity index is 2.32. The second-order valence-corrected chi connectivity index (χ2v) is 5.18. The first-order valence-electron chi connectivity index (χ1n) is 5.69. The lowest BCUT2D eigenvalue weighted by molar-refractivity contribution is 0.312. The summed E-state index contributed by atoms with van der Waals surface area (Å²) in [4.78, 5) is 0. The molecule has 1 saturated carbocycles. The van der Waals surface area contributed by atoms with E-state index < -0.39 is 0 Å². The average molecular weight is 213 g/mol. The molecule has 1 aliphatic carbocycles. The van der Waals surface area contributed by atoms with E-state index in [1.54, 1.807) is 0 Å². The Labute approximate surface area is 91.9 Å². The second kappa shape index (κ2) is 4.84. The molecule has 0 saturated heterocycles. The van der Waals surface area contributed by atoms with Crippen LogP contribution in [0.25, 0.3) is 0 Å². The molecule has 4 nitrogen and oxygen atoms in total. The van der Waals surface area contributed by atoms with Crippen LogP contribution in [0.15, 0.2) is 5.16 Å². The van der Waals surface area contributed by atoms with Crippen molar-refractivity contribution in [1.29, 1.82) is 0 Å². The lowest BCUT2D eigenvalue weighted by atomic mass is 10.00. The summed E-state index contributed by atoms with van der Waals surface area (Å²) in [5.41, 5.74) is 5.80. The van der Waals surface area contributed by atoms with Gasteiger partial charge in [0.2, 0.25) is 0 Å². The number of nitrogens with two attached hydrogens (primary N) is 1. The summed E-state index contributed by atoms with van der Waals surface area (Å²) >= 11 is 0. The maximum absolute atomic E-state index is 8.53. The van der Waals surface area contributed by atoms with Crippen molar-refractivity contribution < 1.29 is 5.21 Å². The summed E-state index contributed by atoms with van der Waals surface area (Å²) in [6.07, 6.45) is 3.07. The smallest absolute Gasteiger partial charge is 0.139 e. The zero-order chi connectivity index (χ0) is 11.5. The molecular formula is C11H23N3O. The van der Waals surface area contributed by atoms with Crippen LogP contribution in [-0.4, -0.2) is 23.6 Å². The van der Waals surface area contributed by atoms with E-state index in [0.29, 0.717) is 24.2 Å². The number of amidine groups is 1. The minimum atomic E-state index is 0.263. The summed E-state index contributed by atoms with van der Waals surface area (Å²) in [6.45, 7) is 7.59. The molecule has 0 aromatic rings. The molecule has 1 unspecified atom stereocenters. The van der Waals surface area contributed by atoms with Crippen LogP contribution in [0.5, 0.6) is 0 Å². The normalized spacial score (nSPS) is 21.7. The highest BCUT2D eigenvalue weighted by Crippen LogP contribution is 2.48. The van der Waals surface area contributed by atoms with Crippen molar-refractivity contribution in [3.8, 4) is 0 Å². The molecule has 0 aromatic carbocycles. The minimum Gasteiger partial charge on any atom is -0.409 e. The molecule has 0 spiro atoms. The Bertz CT molecular complexity index is 234. The summed E-state index contributed by atoms with van der Waals surface area (Å²) < 4.78 is 0. The zero-order valence-corrected chi connectivity index (χ0v) is 9.95. The number of rotatable bonds is 6. The van der Waals surface area contributed by atoms with Crippen LogP contribution < -0.4 is 11.1 Å². The number of nitrogens with one attached hydrogen (secondary N) is 1. The predicted octanol–water partition coefficient (Wildman–Crippen LogP) is 1.54. The van der Waals surface area contributed by atoms with Gasteiger partial charge in [0.05, 0.1) is 0 Å². The number of hydrogen-bond acceptors (Lipinski definition) is 3. The minimum absolute atomic E-state index is 0.263. The number of nitrogens with zero attached hydrogens (tertiary/aromatic N) is 1. The van der Waals surface area contributed by atoms with Crippen molar-refractivity contribution in [3.63, 3.8) is 0 Å². The topological polar surface area (TPSA) is 70.6 Å². The molecule has 0 amide bonds. The van der Waals surface area contributed by atoms with Crippen molar-refractivity contribution in [2.75, 3.05) is 6.54 Å². The third-order valence-electron chi connectivity index (χ3n) is 3.44. The molecule has 1 fully saturated rings. The van der Waals surface area contributed by atoms with Gasteiger partial charge in [-0.2, -0.15) is 0 Å². The van der Waals surface area contributed by atoms with E-state index in [1.165, 1.54) is 12.8 Å². The molecule has 4 N–H and O–H groups in total. The van der Waals surface area contributed by atoms with Gasteiger partial charge in [0.1, 0.15) is 5.84 Å². The van der Waals surface area contributed by atoms with Gasteiger partial charge < -0.3 is 16.3 Å². The van der Waals surface area contributed by atoms with Crippen molar-refractivity contribution >= 4 is 5.84 Å². The molecule has 0 aromatic heterocycles. The SMILES string of the molecule is CC(C)C(C)NCC1(CC(N)=NO)CC1. The highest BCUT2D eigenvalue weighted by Gasteiger charge is 2.43. The van der Waals surface area contributed by atoms with Gasteiger partial charge in [-0.1, -0.05) is 19.0 Å². The molecule has 0 bridgehead atoms. The molecule has 4 heteroatoms. The van der Waals surface area contributed by atoms with Crippen LogP contribution in [0, 0.1) is 11.3 Å². The van der Waals surface area contributed by atoms with Crippen LogP contribution >= 0.6 is 0 Å². The Morgan fingerprint density at radius 1 is 1.47 bits per heavy atom. The summed E-state index contributed by atoms with van der Waals surface area (Å²) in [7, 11) is 0. The molecule has 0 aliphatic heterocycles. The standard InChI is InChI=1S/C11H23N3O/c1-8(2)9(3)13-7-11(4-5-11)6-10(12)14-15/h8-9,13,15H,4-7H2,1-3H3,(H2,12,14). The van der Waals surface area contributed by atoms with Crippen LogP contribution in [0.2, 0.25) is 0 Å². The van der Waals surface area contributed by atoms with Crippen molar-refractivity contribution in [2.24, 2.45) is 22.2 Å². The fraction of sp³-hybridized carbons (Fsp3) is 0.909. The summed E-state index contributed by atoms with van der Waals surface area (Å²) in [6, 6.07) is 0.523. The van der Waals surface area contributed by atoms with Crippen molar-refractivity contribution in [1.82, 2.24) is 5.32 Å². The fourth-order valence-corrected chi connectivity index (χ4v) is 1.63. The third-order valence-corrected chi connectivity index (χ3v) is 3.44. The second-order valence-electron chi connectivity index (χ2n) is 5.18. The van der Waals surface area contributed by atoms with E-state index >= 15 is 0 Å². The van der Waals surface area contributed by atoms with E-state index in [2.05, 4.69) is 31.2 Å². The highest BCUT2D eigenvalue weighted by molar-refractivity contribution is 5.80. The molecule has 0 radical (unpaired) electrons. The lowest BCUT2D eigenvalue weighted by Crippen LogP contribution is -2.36. The van der Waals surface area contributed by atoms with E-state index in [0.717, 1.165) is 6.54 Å². The Morgan fingerprint density at radius 3 is 2.47 bits per heavy atom. The highest BCUT2D eigenvalue weighted by atomic mass is 16.4. The van der Waals surface area contributed by atoms with Crippen molar-refractivity contribution in [3.05, 3.63) is 0 Å². The van der Waals surface area contributed by atoms with Gasteiger partial charge in [-0.3, -0.25) is 0 Å². The maximum atomic E-state index is 8.53. The van der Waals surface area contributed by atoms with E-state index in [1.807, 2.05) is 0 Å². The van der Waals surface area contributed by atoms with Gasteiger partial charge in [-0.25, -0.2) is 0 Å². The molecular weight excluding hydrogens is 190 g/mol. The Morgan fingerprint density at radius 2 is 2.07 bits per heavy atom. The zero-order valence-electron chi connectivity index (χ0n) is 9.95. The molecule has 88 valence electrons. The Kier molecular flexibility index (Phi) is 3.97. The van der Waals surface area contributed by atoms with E-state index in [9.17, 15) is 0 Å². The van der Waals surface area contributed by atoms with Gasteiger partial charge in [0.15, 0.2) is 0 Å². The molecule has 1 atom stereocenters. The average Bonchev–Trinajstić information content (AvgIpc) is 2.94. The molecule has 1 aliphatic rings. The molecule has 1 rings (SSSR count). The van der Waals surface area contributed by atoms with Crippen LogP contribution in [0.1, 0.15) is 40.0 Å². The number of oxime groups is 1. The van der Waals surface area contributed by atoms with Crippen LogP contribution in [0.4, 0.5) is 0 Å². The molecule has 15 heavy (non-hydrogen) atoms. The van der Waals surface area contributed by atoms with Gasteiger partial charge in [-0.05, 0) is 31.1 Å². The first-order valence-corrected chi connectivity index (χ1v) is 5.69. The van der Waals surface area contributed by atoms with Crippen LogP contribution in [-0.2, 0) is 0 Å². The Hall–Kier alpha value is -0.770. The van der Waals surface area contributed by atoms with Gasteiger partial charge in [0, 0.05) is 19.0 Å². The van der Waals surface area contributed by atoms with Crippen LogP contribution in [0.3, 0.4) is 0 Å². The van der Waals surface area contributed by atoms with Crippen molar-refractivity contribution in [2.45, 2.75) is 46.1 Å². The molecule has 0 heterocycles. The van der Waals surface area contributed by atoms with E-state index in [4.69, 9.17) is 10.9 Å². The van der Waals surface area contributed by atoms with Gasteiger partial charge in [0.25, 0.3) is 0 Å². The third kappa shape index (κ3) is 3.70. The first kappa shape index (κ1) is 12.3. The number of hydrogen-bond donors (Lipinski definition) is 3. The first-order chi connectivity index (χ1) is 6.99. The van der Waals surface area contributed by atoms with E-state index in [-0.39, 0.29) is 5.41 Å². The van der Waals surface area contributed by atoms with Gasteiger partial charge in [-0.15, -0.1) is 0 Å². The summed E-state index contributed by atoms with van der Waals surface area (Å²) in [5, 5.41) is 15.1. The fourth-order valence-electron chi connectivity index (χ4n) is 1.63. The monoisotopic (exact) mass is 213 g/mol. The predicted molar refractivity (Wildman–Crippen MR) is 62.0 cm³/mol. The maximum Gasteiger partial charge on any atom is 0.139 e. The lowest BCUT2D eigenvalue weighted by Gasteiger charge is -2.22.